The SMILES string of the molecule is Cn1cc[n+](C)c1.Cn1cc[n+](C)c1.[Pd+2]. The standard InChI is InChI=1S/2C5H9N2.Pd/c2*1-6-3-4-7(2)5-6;/h2*3-5H,1-2H3;/q2*+1;+2. The molecule has 0 aliphatic carbocycles. The smallest absolute Gasteiger partial charge is 0.240 e. The average Bonchev–Trinajstić information content (AvgIpc) is 2.63. The molecule has 0 aliphatic heterocycles. The van der Waals surface area contributed by atoms with Crippen molar-refractivity contribution in [1.29, 1.82) is 0 Å². The summed E-state index contributed by atoms with van der Waals surface area (Å²) in [7, 11) is 8.00. The van der Waals surface area contributed by atoms with Gasteiger partial charge in [-0.25, -0.2) is 18.3 Å². The normalized spacial score (nSPS) is 8.80. The van der Waals surface area contributed by atoms with Crippen LogP contribution in [0.5, 0.6) is 0 Å². The van der Waals surface area contributed by atoms with Crippen LogP contribution in [0, 0.1) is 0 Å². The van der Waals surface area contributed by atoms with Crippen LogP contribution in [0.15, 0.2) is 37.4 Å². The fraction of sp³-hybridized carbons (Fsp3) is 0.400. The first kappa shape index (κ1) is 14.1. The predicted octanol–water partition coefficient (Wildman–Crippen LogP) is -0.303. The molecule has 0 saturated carbocycles. The van der Waals surface area contributed by atoms with Crippen LogP contribution in [0.1, 0.15) is 0 Å². The van der Waals surface area contributed by atoms with E-state index in [2.05, 4.69) is 0 Å². The first-order chi connectivity index (χ1) is 6.58. The predicted molar refractivity (Wildman–Crippen MR) is 53.2 cm³/mol. The Morgan fingerprint density at radius 2 is 1.13 bits per heavy atom. The van der Waals surface area contributed by atoms with Crippen LogP contribution in [-0.2, 0) is 48.6 Å². The Morgan fingerprint density at radius 3 is 1.20 bits per heavy atom. The van der Waals surface area contributed by atoms with E-state index in [9.17, 15) is 0 Å². The van der Waals surface area contributed by atoms with E-state index < -0.39 is 0 Å². The quantitative estimate of drug-likeness (QED) is 0.470. The fourth-order valence-corrected chi connectivity index (χ4v) is 1.15. The van der Waals surface area contributed by atoms with Gasteiger partial charge in [0, 0.05) is 0 Å². The van der Waals surface area contributed by atoms with Crippen molar-refractivity contribution in [2.24, 2.45) is 28.2 Å². The third-order valence-corrected chi connectivity index (χ3v) is 1.80. The van der Waals surface area contributed by atoms with Gasteiger partial charge in [0.1, 0.15) is 24.8 Å². The molecule has 0 amide bonds. The van der Waals surface area contributed by atoms with Gasteiger partial charge in [-0.3, -0.25) is 0 Å². The Kier molecular flexibility index (Phi) is 6.14. The van der Waals surface area contributed by atoms with Crippen LogP contribution in [-0.4, -0.2) is 9.13 Å². The van der Waals surface area contributed by atoms with Crippen molar-refractivity contribution in [2.45, 2.75) is 0 Å². The van der Waals surface area contributed by atoms with E-state index in [1.54, 1.807) is 0 Å². The van der Waals surface area contributed by atoms with Crippen LogP contribution in [0.2, 0.25) is 0 Å². The molecule has 2 aromatic heterocycles. The molecule has 2 heterocycles. The molecule has 15 heavy (non-hydrogen) atoms. The summed E-state index contributed by atoms with van der Waals surface area (Å²) in [5.41, 5.74) is 0. The Hall–Kier alpha value is -0.918. The minimum atomic E-state index is 0. The van der Waals surface area contributed by atoms with Gasteiger partial charge in [-0.2, -0.15) is 0 Å². The first-order valence-corrected chi connectivity index (χ1v) is 4.52. The van der Waals surface area contributed by atoms with Crippen LogP contribution in [0.25, 0.3) is 0 Å². The molecular formula is C10H18N4Pd+4. The van der Waals surface area contributed by atoms with Crippen LogP contribution < -0.4 is 9.13 Å². The molecular weight excluding hydrogens is 283 g/mol. The van der Waals surface area contributed by atoms with Crippen molar-refractivity contribution in [3.05, 3.63) is 37.4 Å². The van der Waals surface area contributed by atoms with E-state index in [4.69, 9.17) is 0 Å². The molecule has 0 radical (unpaired) electrons. The van der Waals surface area contributed by atoms with Gasteiger partial charge in [0.25, 0.3) is 0 Å². The summed E-state index contributed by atoms with van der Waals surface area (Å²) in [6.07, 6.45) is 12.0. The monoisotopic (exact) mass is 300 g/mol. The second-order valence-electron chi connectivity index (χ2n) is 3.49. The van der Waals surface area contributed by atoms with Gasteiger partial charge in [0.2, 0.25) is 12.7 Å². The molecule has 4 nitrogen and oxygen atoms in total. The Morgan fingerprint density at radius 1 is 0.800 bits per heavy atom. The first-order valence-electron chi connectivity index (χ1n) is 4.52. The molecule has 0 fully saturated rings. The largest absolute Gasteiger partial charge is 2.00 e. The van der Waals surface area contributed by atoms with Gasteiger partial charge >= 0.3 is 20.4 Å². The van der Waals surface area contributed by atoms with Gasteiger partial charge in [-0.05, 0) is 0 Å². The van der Waals surface area contributed by atoms with Crippen molar-refractivity contribution >= 4 is 0 Å². The summed E-state index contributed by atoms with van der Waals surface area (Å²) < 4.78 is 8.00. The molecule has 2 aromatic rings. The molecule has 84 valence electrons. The summed E-state index contributed by atoms with van der Waals surface area (Å²) in [5, 5.41) is 0. The van der Waals surface area contributed by atoms with Gasteiger partial charge in [0.15, 0.2) is 0 Å². The fourth-order valence-electron chi connectivity index (χ4n) is 1.15. The molecule has 0 unspecified atom stereocenters. The number of hydrogen-bond donors (Lipinski definition) is 0. The topological polar surface area (TPSA) is 17.6 Å². The van der Waals surface area contributed by atoms with E-state index in [0.29, 0.717) is 0 Å². The average molecular weight is 301 g/mol. The molecule has 0 spiro atoms. The van der Waals surface area contributed by atoms with E-state index in [1.165, 1.54) is 0 Å². The van der Waals surface area contributed by atoms with E-state index in [-0.39, 0.29) is 20.4 Å². The number of hydrogen-bond acceptors (Lipinski definition) is 0. The number of rotatable bonds is 0. The zero-order valence-corrected chi connectivity index (χ0v) is 11.1. The maximum Gasteiger partial charge on any atom is 2.00 e. The molecule has 0 atom stereocenters. The van der Waals surface area contributed by atoms with Crippen molar-refractivity contribution in [3.8, 4) is 0 Å². The number of nitrogens with zero attached hydrogens (tertiary/aromatic N) is 4. The van der Waals surface area contributed by atoms with Crippen molar-refractivity contribution in [1.82, 2.24) is 9.13 Å². The van der Waals surface area contributed by atoms with Crippen LogP contribution in [0.4, 0.5) is 0 Å². The van der Waals surface area contributed by atoms with Gasteiger partial charge in [-0.1, -0.05) is 0 Å². The maximum absolute atomic E-state index is 2.00. The number of aryl methyl sites for hydroxylation is 4. The number of aromatic nitrogens is 4. The Bertz CT molecular complexity index is 320. The summed E-state index contributed by atoms with van der Waals surface area (Å²) in [4.78, 5) is 0. The summed E-state index contributed by atoms with van der Waals surface area (Å²) in [5.74, 6) is 0. The molecule has 0 N–H and O–H groups in total. The summed E-state index contributed by atoms with van der Waals surface area (Å²) in [6, 6.07) is 0. The van der Waals surface area contributed by atoms with E-state index in [0.717, 1.165) is 0 Å². The summed E-state index contributed by atoms with van der Waals surface area (Å²) >= 11 is 0. The van der Waals surface area contributed by atoms with Crippen molar-refractivity contribution in [2.75, 3.05) is 0 Å². The zero-order chi connectivity index (χ0) is 10.6. The molecule has 0 bridgehead atoms. The number of imidazole rings is 2. The van der Waals surface area contributed by atoms with Gasteiger partial charge < -0.3 is 0 Å². The van der Waals surface area contributed by atoms with E-state index >= 15 is 0 Å². The van der Waals surface area contributed by atoms with E-state index in [1.807, 2.05) is 83.9 Å². The van der Waals surface area contributed by atoms with Gasteiger partial charge in [0.05, 0.1) is 28.2 Å². The third-order valence-electron chi connectivity index (χ3n) is 1.80. The van der Waals surface area contributed by atoms with Crippen LogP contribution >= 0.6 is 0 Å². The Labute approximate surface area is 104 Å². The summed E-state index contributed by atoms with van der Waals surface area (Å²) in [6.45, 7) is 0. The maximum atomic E-state index is 2.00. The van der Waals surface area contributed by atoms with Crippen LogP contribution in [0.3, 0.4) is 0 Å². The molecule has 2 rings (SSSR count). The van der Waals surface area contributed by atoms with Gasteiger partial charge in [-0.15, -0.1) is 0 Å². The molecule has 0 aliphatic rings. The van der Waals surface area contributed by atoms with Crippen molar-refractivity contribution < 1.29 is 29.6 Å². The van der Waals surface area contributed by atoms with Crippen molar-refractivity contribution in [3.63, 3.8) is 0 Å². The second kappa shape index (κ2) is 6.54. The minimum Gasteiger partial charge on any atom is -0.240 e. The minimum absolute atomic E-state index is 0. The second-order valence-corrected chi connectivity index (χ2v) is 3.49. The molecule has 0 saturated heterocycles. The molecule has 0 aromatic carbocycles. The molecule has 5 heteroatoms. The zero-order valence-electron chi connectivity index (χ0n) is 9.57. The Balaban J connectivity index is 0.000000245. The third kappa shape index (κ3) is 5.51.